The summed E-state index contributed by atoms with van der Waals surface area (Å²) in [5.74, 6) is 0.456. The van der Waals surface area contributed by atoms with Gasteiger partial charge in [-0.3, -0.25) is 0 Å². The summed E-state index contributed by atoms with van der Waals surface area (Å²) >= 11 is 1.38. The summed E-state index contributed by atoms with van der Waals surface area (Å²) in [4.78, 5) is 6.82. The smallest absolute Gasteiger partial charge is 0.339 e. The Morgan fingerprint density at radius 3 is 2.58 bits per heavy atom. The van der Waals surface area contributed by atoms with Gasteiger partial charge < -0.3 is 10.2 Å². The number of halogens is 3. The quantitative estimate of drug-likeness (QED) is 0.873. The molecule has 0 spiro atoms. The zero-order valence-electron chi connectivity index (χ0n) is 11.0. The lowest BCUT2D eigenvalue weighted by atomic mass is 10.2. The Balaban J connectivity index is 2.20. The molecule has 1 N–H and O–H groups in total. The van der Waals surface area contributed by atoms with Gasteiger partial charge in [-0.1, -0.05) is 0 Å². The lowest BCUT2D eigenvalue weighted by Gasteiger charge is -2.21. The molecule has 0 bridgehead atoms. The third-order valence-corrected chi connectivity index (χ3v) is 4.17. The Morgan fingerprint density at radius 1 is 1.42 bits per heavy atom. The van der Waals surface area contributed by atoms with Crippen LogP contribution in [-0.4, -0.2) is 31.3 Å². The maximum Gasteiger partial charge on any atom is 0.406 e. The van der Waals surface area contributed by atoms with Crippen LogP contribution in [0.25, 0.3) is 0 Å². The fraction of sp³-hybridized carbons (Fsp3) is 0.750. The highest BCUT2D eigenvalue weighted by atomic mass is 32.1. The van der Waals surface area contributed by atoms with Crippen LogP contribution in [0.4, 0.5) is 18.3 Å². The molecule has 0 atom stereocenters. The second-order valence-electron chi connectivity index (χ2n) is 4.74. The SMILES string of the molecule is CCN(CC(F)(F)F)c1nc(C2CC2)c(CNC)s1. The molecule has 0 amide bonds. The molecule has 1 saturated carbocycles. The first-order valence-electron chi connectivity index (χ1n) is 6.40. The first-order chi connectivity index (χ1) is 8.94. The van der Waals surface area contributed by atoms with E-state index in [1.165, 1.54) is 16.2 Å². The standard InChI is InChI=1S/C12H18F3N3S/c1-3-18(7-12(13,14)15)11-17-10(8-4-5-8)9(19-11)6-16-2/h8,16H,3-7H2,1-2H3. The fourth-order valence-corrected chi connectivity index (χ4v) is 3.20. The van der Waals surface area contributed by atoms with Gasteiger partial charge >= 0.3 is 6.18 Å². The van der Waals surface area contributed by atoms with Crippen LogP contribution in [0.2, 0.25) is 0 Å². The van der Waals surface area contributed by atoms with Gasteiger partial charge in [-0.15, -0.1) is 11.3 Å². The highest BCUT2D eigenvalue weighted by Crippen LogP contribution is 2.44. The van der Waals surface area contributed by atoms with Gasteiger partial charge in [0, 0.05) is 23.9 Å². The number of hydrogen-bond acceptors (Lipinski definition) is 4. The molecular weight excluding hydrogens is 275 g/mol. The molecule has 7 heteroatoms. The first-order valence-corrected chi connectivity index (χ1v) is 7.22. The summed E-state index contributed by atoms with van der Waals surface area (Å²) in [6, 6.07) is 0. The molecule has 0 radical (unpaired) electrons. The van der Waals surface area contributed by atoms with Gasteiger partial charge in [0.15, 0.2) is 5.13 Å². The Hall–Kier alpha value is -0.820. The third kappa shape index (κ3) is 3.82. The minimum atomic E-state index is -4.19. The molecule has 0 unspecified atom stereocenters. The minimum absolute atomic E-state index is 0.316. The van der Waals surface area contributed by atoms with Gasteiger partial charge in [0.1, 0.15) is 6.54 Å². The lowest BCUT2D eigenvalue weighted by molar-refractivity contribution is -0.119. The molecule has 1 aliphatic carbocycles. The molecule has 0 aromatic carbocycles. The van der Waals surface area contributed by atoms with Gasteiger partial charge in [0.2, 0.25) is 0 Å². The molecule has 1 aromatic heterocycles. The molecule has 0 saturated heterocycles. The second-order valence-corrected chi connectivity index (χ2v) is 5.80. The number of hydrogen-bond donors (Lipinski definition) is 1. The van der Waals surface area contributed by atoms with Crippen molar-refractivity contribution in [2.24, 2.45) is 0 Å². The zero-order valence-corrected chi connectivity index (χ0v) is 11.9. The summed E-state index contributed by atoms with van der Waals surface area (Å²) in [6.07, 6.45) is -1.98. The van der Waals surface area contributed by atoms with Crippen molar-refractivity contribution in [1.29, 1.82) is 0 Å². The van der Waals surface area contributed by atoms with Gasteiger partial charge in [0.05, 0.1) is 5.69 Å². The van der Waals surface area contributed by atoms with E-state index in [2.05, 4.69) is 10.3 Å². The van der Waals surface area contributed by atoms with Crippen LogP contribution in [0.15, 0.2) is 0 Å². The predicted octanol–water partition coefficient (Wildman–Crippen LogP) is 3.13. The van der Waals surface area contributed by atoms with E-state index in [0.29, 0.717) is 24.1 Å². The van der Waals surface area contributed by atoms with Crippen molar-refractivity contribution in [3.8, 4) is 0 Å². The maximum absolute atomic E-state index is 12.5. The largest absolute Gasteiger partial charge is 0.406 e. The Kier molecular flexibility index (Phi) is 4.35. The number of alkyl halides is 3. The van der Waals surface area contributed by atoms with Crippen LogP contribution < -0.4 is 10.2 Å². The van der Waals surface area contributed by atoms with Crippen LogP contribution in [-0.2, 0) is 6.54 Å². The number of anilines is 1. The van der Waals surface area contributed by atoms with E-state index in [9.17, 15) is 13.2 Å². The van der Waals surface area contributed by atoms with Crippen LogP contribution in [0.3, 0.4) is 0 Å². The van der Waals surface area contributed by atoms with Crippen LogP contribution in [0.5, 0.6) is 0 Å². The molecule has 1 heterocycles. The Labute approximate surface area is 114 Å². The fourth-order valence-electron chi connectivity index (χ4n) is 1.98. The highest BCUT2D eigenvalue weighted by Gasteiger charge is 2.34. The summed E-state index contributed by atoms with van der Waals surface area (Å²) < 4.78 is 37.6. The first kappa shape index (κ1) is 14.6. The van der Waals surface area contributed by atoms with E-state index < -0.39 is 12.7 Å². The van der Waals surface area contributed by atoms with Crippen molar-refractivity contribution in [2.45, 2.75) is 38.4 Å². The normalized spacial score (nSPS) is 15.8. The van der Waals surface area contributed by atoms with Crippen LogP contribution >= 0.6 is 11.3 Å². The summed E-state index contributed by atoms with van der Waals surface area (Å²) in [5, 5.41) is 3.55. The van der Waals surface area contributed by atoms with Crippen molar-refractivity contribution >= 4 is 16.5 Å². The van der Waals surface area contributed by atoms with E-state index >= 15 is 0 Å². The van der Waals surface area contributed by atoms with Crippen LogP contribution in [0, 0.1) is 0 Å². The molecular formula is C12H18F3N3S. The third-order valence-electron chi connectivity index (χ3n) is 3.04. The summed E-state index contributed by atoms with van der Waals surface area (Å²) in [7, 11) is 1.84. The monoisotopic (exact) mass is 293 g/mol. The number of nitrogens with one attached hydrogen (secondary N) is 1. The topological polar surface area (TPSA) is 28.2 Å². The Morgan fingerprint density at radius 2 is 2.11 bits per heavy atom. The molecule has 1 aromatic rings. The lowest BCUT2D eigenvalue weighted by Crippen LogP contribution is -2.34. The van der Waals surface area contributed by atoms with Crippen molar-refractivity contribution in [3.63, 3.8) is 0 Å². The maximum atomic E-state index is 12.5. The van der Waals surface area contributed by atoms with E-state index in [-0.39, 0.29) is 0 Å². The summed E-state index contributed by atoms with van der Waals surface area (Å²) in [6.45, 7) is 1.78. The molecule has 2 rings (SSSR count). The predicted molar refractivity (Wildman–Crippen MR) is 70.8 cm³/mol. The average Bonchev–Trinajstić information content (AvgIpc) is 3.08. The van der Waals surface area contributed by atoms with Crippen molar-refractivity contribution in [2.75, 3.05) is 25.0 Å². The van der Waals surface area contributed by atoms with E-state index in [1.54, 1.807) is 6.92 Å². The second kappa shape index (κ2) is 5.66. The van der Waals surface area contributed by atoms with Gasteiger partial charge in [0.25, 0.3) is 0 Å². The van der Waals surface area contributed by atoms with Gasteiger partial charge in [-0.25, -0.2) is 4.98 Å². The van der Waals surface area contributed by atoms with E-state index in [1.807, 2.05) is 7.05 Å². The number of rotatable bonds is 6. The van der Waals surface area contributed by atoms with E-state index in [4.69, 9.17) is 0 Å². The van der Waals surface area contributed by atoms with Crippen LogP contribution in [0.1, 0.15) is 36.3 Å². The molecule has 3 nitrogen and oxygen atoms in total. The van der Waals surface area contributed by atoms with Crippen molar-refractivity contribution in [1.82, 2.24) is 10.3 Å². The zero-order chi connectivity index (χ0) is 14.0. The molecule has 19 heavy (non-hydrogen) atoms. The van der Waals surface area contributed by atoms with Gasteiger partial charge in [-0.2, -0.15) is 13.2 Å². The van der Waals surface area contributed by atoms with Crippen molar-refractivity contribution in [3.05, 3.63) is 10.6 Å². The average molecular weight is 293 g/mol. The molecule has 108 valence electrons. The molecule has 1 aliphatic rings. The number of nitrogens with zero attached hydrogens (tertiary/aromatic N) is 2. The Bertz CT molecular complexity index is 426. The van der Waals surface area contributed by atoms with Crippen molar-refractivity contribution < 1.29 is 13.2 Å². The van der Waals surface area contributed by atoms with E-state index in [0.717, 1.165) is 23.4 Å². The number of aromatic nitrogens is 1. The molecule has 1 fully saturated rings. The summed E-state index contributed by atoms with van der Waals surface area (Å²) in [5.41, 5.74) is 0.995. The number of thiazole rings is 1. The van der Waals surface area contributed by atoms with Gasteiger partial charge in [-0.05, 0) is 26.8 Å². The minimum Gasteiger partial charge on any atom is -0.339 e. The molecule has 0 aliphatic heterocycles. The highest BCUT2D eigenvalue weighted by molar-refractivity contribution is 7.15.